The van der Waals surface area contributed by atoms with Gasteiger partial charge in [-0.1, -0.05) is 32.0 Å². The van der Waals surface area contributed by atoms with E-state index in [1.165, 1.54) is 0 Å². The number of carbonyl (C=O) groups excluding carboxylic acids is 2. The SMILES string of the molecule is Cc1ccccc1OCC(=O)Nc1ccc2c(c1)CCCN2C(=O)C(C)C. The molecule has 0 aromatic heterocycles. The first-order valence-corrected chi connectivity index (χ1v) is 9.38. The van der Waals surface area contributed by atoms with Crippen LogP contribution in [0.15, 0.2) is 42.5 Å². The highest BCUT2D eigenvalue weighted by molar-refractivity contribution is 5.97. The number of anilines is 2. The van der Waals surface area contributed by atoms with Crippen molar-refractivity contribution < 1.29 is 14.3 Å². The molecule has 5 nitrogen and oxygen atoms in total. The Hall–Kier alpha value is -2.82. The standard InChI is InChI=1S/C22H26N2O3/c1-15(2)22(26)24-12-6-8-17-13-18(10-11-19(17)24)23-21(25)14-27-20-9-5-4-7-16(20)3/h4-5,7,9-11,13,15H,6,8,12,14H2,1-3H3,(H,23,25). The summed E-state index contributed by atoms with van der Waals surface area (Å²) in [6, 6.07) is 13.3. The number of rotatable bonds is 5. The van der Waals surface area contributed by atoms with Crippen LogP contribution in [-0.2, 0) is 16.0 Å². The summed E-state index contributed by atoms with van der Waals surface area (Å²) in [5, 5.41) is 2.88. The summed E-state index contributed by atoms with van der Waals surface area (Å²) in [5.41, 5.74) is 3.77. The van der Waals surface area contributed by atoms with Crippen molar-refractivity contribution in [2.75, 3.05) is 23.4 Å². The Morgan fingerprint density at radius 2 is 1.96 bits per heavy atom. The van der Waals surface area contributed by atoms with Gasteiger partial charge in [-0.2, -0.15) is 0 Å². The molecule has 0 spiro atoms. The van der Waals surface area contributed by atoms with Crippen LogP contribution in [0.3, 0.4) is 0 Å². The van der Waals surface area contributed by atoms with Gasteiger partial charge in [0.05, 0.1) is 0 Å². The van der Waals surface area contributed by atoms with E-state index in [1.54, 1.807) is 0 Å². The average molecular weight is 366 g/mol. The number of nitrogens with zero attached hydrogens (tertiary/aromatic N) is 1. The van der Waals surface area contributed by atoms with Crippen LogP contribution in [0.1, 0.15) is 31.4 Å². The van der Waals surface area contributed by atoms with E-state index in [0.717, 1.165) is 41.9 Å². The van der Waals surface area contributed by atoms with E-state index in [2.05, 4.69) is 5.32 Å². The molecule has 2 aromatic rings. The number of ether oxygens (including phenoxy) is 1. The maximum atomic E-state index is 12.4. The van der Waals surface area contributed by atoms with Crippen molar-refractivity contribution in [3.63, 3.8) is 0 Å². The van der Waals surface area contributed by atoms with Crippen molar-refractivity contribution in [2.24, 2.45) is 5.92 Å². The number of amides is 2. The topological polar surface area (TPSA) is 58.6 Å². The lowest BCUT2D eigenvalue weighted by Crippen LogP contribution is -2.38. The van der Waals surface area contributed by atoms with Gasteiger partial charge in [-0.3, -0.25) is 9.59 Å². The molecule has 2 aromatic carbocycles. The Bertz CT molecular complexity index is 845. The van der Waals surface area contributed by atoms with Crippen molar-refractivity contribution in [3.05, 3.63) is 53.6 Å². The molecule has 0 saturated carbocycles. The smallest absolute Gasteiger partial charge is 0.262 e. The van der Waals surface area contributed by atoms with Gasteiger partial charge in [0.25, 0.3) is 5.91 Å². The zero-order valence-electron chi connectivity index (χ0n) is 16.1. The molecule has 0 radical (unpaired) electrons. The van der Waals surface area contributed by atoms with Gasteiger partial charge in [0, 0.05) is 23.8 Å². The number of hydrogen-bond donors (Lipinski definition) is 1. The van der Waals surface area contributed by atoms with Crippen LogP contribution in [0.25, 0.3) is 0 Å². The maximum Gasteiger partial charge on any atom is 0.262 e. The fraction of sp³-hybridized carbons (Fsp3) is 0.364. The Morgan fingerprint density at radius 3 is 2.70 bits per heavy atom. The monoisotopic (exact) mass is 366 g/mol. The summed E-state index contributed by atoms with van der Waals surface area (Å²) in [6.45, 7) is 6.49. The molecule has 0 unspecified atom stereocenters. The van der Waals surface area contributed by atoms with Gasteiger partial charge in [0.1, 0.15) is 5.75 Å². The molecular weight excluding hydrogens is 340 g/mol. The van der Waals surface area contributed by atoms with Gasteiger partial charge in [0.15, 0.2) is 6.61 Å². The lowest BCUT2D eigenvalue weighted by Gasteiger charge is -2.31. The van der Waals surface area contributed by atoms with Crippen LogP contribution in [0.4, 0.5) is 11.4 Å². The second-order valence-electron chi connectivity index (χ2n) is 7.19. The average Bonchev–Trinajstić information content (AvgIpc) is 2.66. The molecule has 0 bridgehead atoms. The number of hydrogen-bond acceptors (Lipinski definition) is 3. The number of carbonyl (C=O) groups is 2. The molecule has 5 heteroatoms. The third-order valence-electron chi connectivity index (χ3n) is 4.69. The van der Waals surface area contributed by atoms with Crippen molar-refractivity contribution in [2.45, 2.75) is 33.6 Å². The van der Waals surface area contributed by atoms with E-state index >= 15 is 0 Å². The van der Waals surface area contributed by atoms with E-state index in [4.69, 9.17) is 4.74 Å². The van der Waals surface area contributed by atoms with Crippen LogP contribution in [0.5, 0.6) is 5.75 Å². The molecule has 3 rings (SSSR count). The summed E-state index contributed by atoms with van der Waals surface area (Å²) < 4.78 is 5.59. The quantitative estimate of drug-likeness (QED) is 0.872. The van der Waals surface area contributed by atoms with E-state index in [-0.39, 0.29) is 24.3 Å². The number of fused-ring (bicyclic) bond motifs is 1. The summed E-state index contributed by atoms with van der Waals surface area (Å²) in [7, 11) is 0. The van der Waals surface area contributed by atoms with Gasteiger partial charge in [0.2, 0.25) is 5.91 Å². The van der Waals surface area contributed by atoms with Gasteiger partial charge < -0.3 is 15.0 Å². The third-order valence-corrected chi connectivity index (χ3v) is 4.69. The molecule has 1 aliphatic heterocycles. The Morgan fingerprint density at radius 1 is 1.19 bits per heavy atom. The lowest BCUT2D eigenvalue weighted by atomic mass is 9.99. The minimum atomic E-state index is -0.205. The van der Waals surface area contributed by atoms with Gasteiger partial charge in [-0.05, 0) is 55.2 Å². The molecule has 0 atom stereocenters. The first-order valence-electron chi connectivity index (χ1n) is 9.38. The molecule has 1 aliphatic rings. The van der Waals surface area contributed by atoms with Crippen LogP contribution in [0, 0.1) is 12.8 Å². The molecule has 0 fully saturated rings. The second kappa shape index (κ2) is 8.25. The van der Waals surface area contributed by atoms with Crippen LogP contribution in [0.2, 0.25) is 0 Å². The van der Waals surface area contributed by atoms with E-state index < -0.39 is 0 Å². The molecule has 1 N–H and O–H groups in total. The van der Waals surface area contributed by atoms with Crippen LogP contribution >= 0.6 is 0 Å². The van der Waals surface area contributed by atoms with E-state index in [1.807, 2.05) is 68.1 Å². The number of nitrogens with one attached hydrogen (secondary N) is 1. The van der Waals surface area contributed by atoms with Gasteiger partial charge >= 0.3 is 0 Å². The lowest BCUT2D eigenvalue weighted by molar-refractivity contribution is -0.121. The van der Waals surface area contributed by atoms with Crippen LogP contribution in [-0.4, -0.2) is 25.0 Å². The molecule has 0 aliphatic carbocycles. The fourth-order valence-corrected chi connectivity index (χ4v) is 3.27. The summed E-state index contributed by atoms with van der Waals surface area (Å²) in [6.07, 6.45) is 1.83. The number of benzene rings is 2. The minimum absolute atomic E-state index is 0.0334. The van der Waals surface area contributed by atoms with Crippen molar-refractivity contribution >= 4 is 23.2 Å². The normalized spacial score (nSPS) is 13.3. The predicted octanol–water partition coefficient (Wildman–Crippen LogP) is 3.95. The van der Waals surface area contributed by atoms with Gasteiger partial charge in [-0.15, -0.1) is 0 Å². The molecular formula is C22H26N2O3. The molecule has 1 heterocycles. The number of para-hydroxylation sites is 1. The zero-order valence-corrected chi connectivity index (χ0v) is 16.1. The van der Waals surface area contributed by atoms with Gasteiger partial charge in [-0.25, -0.2) is 0 Å². The highest BCUT2D eigenvalue weighted by atomic mass is 16.5. The van der Waals surface area contributed by atoms with Crippen LogP contribution < -0.4 is 15.0 Å². The van der Waals surface area contributed by atoms with Crippen molar-refractivity contribution in [3.8, 4) is 5.75 Å². The van der Waals surface area contributed by atoms with Crippen molar-refractivity contribution in [1.29, 1.82) is 0 Å². The maximum absolute atomic E-state index is 12.4. The Balaban J connectivity index is 1.65. The highest BCUT2D eigenvalue weighted by Crippen LogP contribution is 2.30. The zero-order chi connectivity index (χ0) is 19.4. The first kappa shape index (κ1) is 19.0. The van der Waals surface area contributed by atoms with E-state index in [9.17, 15) is 9.59 Å². The largest absolute Gasteiger partial charge is 0.483 e. The van der Waals surface area contributed by atoms with E-state index in [0.29, 0.717) is 5.75 Å². The summed E-state index contributed by atoms with van der Waals surface area (Å²) in [4.78, 5) is 26.5. The first-order chi connectivity index (χ1) is 13.0. The Kier molecular flexibility index (Phi) is 5.79. The Labute approximate surface area is 160 Å². The fourth-order valence-electron chi connectivity index (χ4n) is 3.27. The summed E-state index contributed by atoms with van der Waals surface area (Å²) in [5.74, 6) is 0.610. The van der Waals surface area contributed by atoms with Crippen molar-refractivity contribution in [1.82, 2.24) is 0 Å². The number of aryl methyl sites for hydroxylation is 2. The molecule has 142 valence electrons. The highest BCUT2D eigenvalue weighted by Gasteiger charge is 2.24. The predicted molar refractivity (Wildman–Crippen MR) is 107 cm³/mol. The molecule has 27 heavy (non-hydrogen) atoms. The minimum Gasteiger partial charge on any atom is -0.483 e. The second-order valence-corrected chi connectivity index (χ2v) is 7.19. The molecule has 0 saturated heterocycles. The molecule has 2 amide bonds. The third kappa shape index (κ3) is 4.48. The summed E-state index contributed by atoms with van der Waals surface area (Å²) >= 11 is 0.